The third-order valence-corrected chi connectivity index (χ3v) is 4.16. The topological polar surface area (TPSA) is 39.3 Å². The first-order valence-electron chi connectivity index (χ1n) is 7.55. The van der Waals surface area contributed by atoms with Crippen molar-refractivity contribution < 1.29 is 9.50 Å². The van der Waals surface area contributed by atoms with Crippen molar-refractivity contribution in [2.24, 2.45) is 0 Å². The van der Waals surface area contributed by atoms with Crippen molar-refractivity contribution in [3.63, 3.8) is 0 Å². The summed E-state index contributed by atoms with van der Waals surface area (Å²) < 4.78 is 13.9. The van der Waals surface area contributed by atoms with Gasteiger partial charge in [-0.25, -0.2) is 4.39 Å². The van der Waals surface area contributed by atoms with Gasteiger partial charge in [-0.1, -0.05) is 31.5 Å². The molecule has 0 aliphatic carbocycles. The average Bonchev–Trinajstić information content (AvgIpc) is 2.95. The molecule has 1 heterocycles. The molecule has 1 unspecified atom stereocenters. The summed E-state index contributed by atoms with van der Waals surface area (Å²) in [6.07, 6.45) is 1.60. The van der Waals surface area contributed by atoms with Gasteiger partial charge in [0.15, 0.2) is 0 Å². The molecule has 1 aromatic heterocycles. The molecule has 0 aliphatic heterocycles. The SMILES string of the molecule is CCN(CC)CC(O)c1[nH]ccc1Cc1ccc(Cl)cc1F. The van der Waals surface area contributed by atoms with E-state index in [4.69, 9.17) is 11.6 Å². The van der Waals surface area contributed by atoms with Gasteiger partial charge in [-0.05, 0) is 42.4 Å². The van der Waals surface area contributed by atoms with Gasteiger partial charge in [0.2, 0.25) is 0 Å². The summed E-state index contributed by atoms with van der Waals surface area (Å²) in [6, 6.07) is 6.56. The molecule has 1 aromatic carbocycles. The fourth-order valence-electron chi connectivity index (χ4n) is 2.57. The Morgan fingerprint density at radius 2 is 1.95 bits per heavy atom. The fraction of sp³-hybridized carbons (Fsp3) is 0.412. The van der Waals surface area contributed by atoms with Crippen LogP contribution in [0.4, 0.5) is 4.39 Å². The number of benzene rings is 1. The molecule has 5 heteroatoms. The van der Waals surface area contributed by atoms with Crippen LogP contribution in [0.25, 0.3) is 0 Å². The Morgan fingerprint density at radius 3 is 2.59 bits per heavy atom. The summed E-state index contributed by atoms with van der Waals surface area (Å²) in [7, 11) is 0. The Hall–Kier alpha value is -1.36. The van der Waals surface area contributed by atoms with Crippen LogP contribution < -0.4 is 0 Å². The van der Waals surface area contributed by atoms with Crippen LogP contribution in [0.3, 0.4) is 0 Å². The second-order valence-electron chi connectivity index (χ2n) is 5.33. The number of H-pyrrole nitrogens is 1. The first kappa shape index (κ1) is 17.0. The van der Waals surface area contributed by atoms with Crippen molar-refractivity contribution in [1.29, 1.82) is 0 Å². The Kier molecular flexibility index (Phi) is 6.00. The zero-order valence-electron chi connectivity index (χ0n) is 12.9. The predicted octanol–water partition coefficient (Wildman–Crippen LogP) is 3.77. The summed E-state index contributed by atoms with van der Waals surface area (Å²) in [6.45, 7) is 6.46. The Labute approximate surface area is 135 Å². The predicted molar refractivity (Wildman–Crippen MR) is 87.8 cm³/mol. The van der Waals surface area contributed by atoms with Crippen molar-refractivity contribution in [3.05, 3.63) is 58.1 Å². The lowest BCUT2D eigenvalue weighted by Crippen LogP contribution is -2.28. The summed E-state index contributed by atoms with van der Waals surface area (Å²) in [5.41, 5.74) is 2.22. The maximum Gasteiger partial charge on any atom is 0.128 e. The van der Waals surface area contributed by atoms with E-state index in [-0.39, 0.29) is 5.82 Å². The smallest absolute Gasteiger partial charge is 0.128 e. The molecular formula is C17H22ClFN2O. The maximum absolute atomic E-state index is 13.9. The molecule has 0 aliphatic rings. The van der Waals surface area contributed by atoms with Crippen molar-refractivity contribution in [2.75, 3.05) is 19.6 Å². The van der Waals surface area contributed by atoms with Gasteiger partial charge < -0.3 is 15.0 Å². The van der Waals surface area contributed by atoms with Crippen LogP contribution >= 0.6 is 11.6 Å². The van der Waals surface area contributed by atoms with Crippen molar-refractivity contribution in [1.82, 2.24) is 9.88 Å². The molecule has 0 radical (unpaired) electrons. The minimum atomic E-state index is -0.611. The molecule has 0 amide bonds. The zero-order valence-corrected chi connectivity index (χ0v) is 13.7. The second-order valence-corrected chi connectivity index (χ2v) is 5.77. The van der Waals surface area contributed by atoms with Gasteiger partial charge in [0.1, 0.15) is 11.9 Å². The number of hydrogen-bond acceptors (Lipinski definition) is 2. The van der Waals surface area contributed by atoms with Crippen molar-refractivity contribution >= 4 is 11.6 Å². The molecule has 0 saturated heterocycles. The molecule has 3 nitrogen and oxygen atoms in total. The molecule has 0 spiro atoms. The number of likely N-dealkylation sites (N-methyl/N-ethyl adjacent to an activating group) is 1. The number of halogens is 2. The minimum absolute atomic E-state index is 0.321. The summed E-state index contributed by atoms with van der Waals surface area (Å²) in [5, 5.41) is 10.8. The van der Waals surface area contributed by atoms with E-state index in [1.165, 1.54) is 6.07 Å². The van der Waals surface area contributed by atoms with Crippen LogP contribution in [0.1, 0.15) is 36.8 Å². The molecule has 1 atom stereocenters. The first-order valence-corrected chi connectivity index (χ1v) is 7.93. The number of hydrogen-bond donors (Lipinski definition) is 2. The number of rotatable bonds is 7. The maximum atomic E-state index is 13.9. The largest absolute Gasteiger partial charge is 0.386 e. The Balaban J connectivity index is 2.15. The molecule has 0 saturated carbocycles. The van der Waals surface area contributed by atoms with Gasteiger partial charge in [-0.2, -0.15) is 0 Å². The van der Waals surface area contributed by atoms with Crippen LogP contribution in [-0.2, 0) is 6.42 Å². The fourth-order valence-corrected chi connectivity index (χ4v) is 2.73. The lowest BCUT2D eigenvalue weighted by molar-refractivity contribution is 0.115. The minimum Gasteiger partial charge on any atom is -0.386 e. The Bertz CT molecular complexity index is 610. The second kappa shape index (κ2) is 7.77. The molecule has 22 heavy (non-hydrogen) atoms. The van der Waals surface area contributed by atoms with E-state index < -0.39 is 6.10 Å². The van der Waals surface area contributed by atoms with E-state index in [0.717, 1.165) is 24.3 Å². The highest BCUT2D eigenvalue weighted by atomic mass is 35.5. The van der Waals surface area contributed by atoms with E-state index >= 15 is 0 Å². The third kappa shape index (κ3) is 4.09. The van der Waals surface area contributed by atoms with Gasteiger partial charge >= 0.3 is 0 Å². The number of aromatic amines is 1. The van der Waals surface area contributed by atoms with Crippen LogP contribution in [0, 0.1) is 5.82 Å². The summed E-state index contributed by atoms with van der Waals surface area (Å²) in [4.78, 5) is 5.24. The van der Waals surface area contributed by atoms with Crippen LogP contribution in [0.5, 0.6) is 0 Å². The van der Waals surface area contributed by atoms with Gasteiger partial charge in [-0.3, -0.25) is 0 Å². The molecule has 2 rings (SSSR count). The standard InChI is InChI=1S/C17H22ClFN2O/c1-3-21(4-2)11-16(22)17-13(7-8-20-17)9-12-5-6-14(18)10-15(12)19/h5-8,10,16,20,22H,3-4,9,11H2,1-2H3. The number of nitrogens with zero attached hydrogens (tertiary/aromatic N) is 1. The number of nitrogens with one attached hydrogen (secondary N) is 1. The zero-order chi connectivity index (χ0) is 16.1. The molecule has 0 fully saturated rings. The summed E-state index contributed by atoms with van der Waals surface area (Å²) >= 11 is 5.78. The number of aliphatic hydroxyl groups excluding tert-OH is 1. The van der Waals surface area contributed by atoms with Gasteiger partial charge in [0.05, 0.1) is 0 Å². The number of aliphatic hydroxyl groups is 1. The highest BCUT2D eigenvalue weighted by molar-refractivity contribution is 6.30. The van der Waals surface area contributed by atoms with E-state index in [9.17, 15) is 9.50 Å². The molecule has 120 valence electrons. The van der Waals surface area contributed by atoms with Crippen LogP contribution in [0.15, 0.2) is 30.5 Å². The third-order valence-electron chi connectivity index (χ3n) is 3.92. The highest BCUT2D eigenvalue weighted by Crippen LogP contribution is 2.23. The van der Waals surface area contributed by atoms with E-state index in [0.29, 0.717) is 23.6 Å². The lowest BCUT2D eigenvalue weighted by atomic mass is 10.0. The monoisotopic (exact) mass is 324 g/mol. The highest BCUT2D eigenvalue weighted by Gasteiger charge is 2.17. The van der Waals surface area contributed by atoms with Crippen LogP contribution in [0.2, 0.25) is 5.02 Å². The molecule has 2 aromatic rings. The molecular weight excluding hydrogens is 303 g/mol. The van der Waals surface area contributed by atoms with E-state index in [2.05, 4.69) is 23.7 Å². The van der Waals surface area contributed by atoms with Gasteiger partial charge in [0, 0.05) is 29.9 Å². The van der Waals surface area contributed by atoms with Gasteiger partial charge in [0.25, 0.3) is 0 Å². The molecule has 2 N–H and O–H groups in total. The van der Waals surface area contributed by atoms with E-state index in [1.54, 1.807) is 18.3 Å². The normalized spacial score (nSPS) is 12.8. The van der Waals surface area contributed by atoms with Crippen molar-refractivity contribution in [3.8, 4) is 0 Å². The lowest BCUT2D eigenvalue weighted by Gasteiger charge is -2.22. The summed E-state index contributed by atoms with van der Waals surface area (Å²) in [5.74, 6) is -0.321. The van der Waals surface area contributed by atoms with Gasteiger partial charge in [-0.15, -0.1) is 0 Å². The van der Waals surface area contributed by atoms with E-state index in [1.807, 2.05) is 6.07 Å². The van der Waals surface area contributed by atoms with Crippen molar-refractivity contribution in [2.45, 2.75) is 26.4 Å². The number of aromatic nitrogens is 1. The quantitative estimate of drug-likeness (QED) is 0.813. The Morgan fingerprint density at radius 1 is 1.23 bits per heavy atom. The molecule has 0 bridgehead atoms. The first-order chi connectivity index (χ1) is 10.5. The van der Waals surface area contributed by atoms with Crippen LogP contribution in [-0.4, -0.2) is 34.6 Å². The average molecular weight is 325 g/mol.